The number of halogens is 2. The normalized spacial score (nSPS) is 12.0. The van der Waals surface area contributed by atoms with Crippen LogP contribution >= 0.6 is 23.2 Å². The molecule has 0 saturated carbocycles. The number of nitrogens with zero attached hydrogens (tertiary/aromatic N) is 11. The van der Waals surface area contributed by atoms with Gasteiger partial charge < -0.3 is 18.8 Å². The first kappa shape index (κ1) is 37.5. The monoisotopic (exact) mass is 776 g/mol. The van der Waals surface area contributed by atoms with E-state index in [1.807, 2.05) is 89.2 Å². The molecule has 1 atom stereocenters. The lowest BCUT2D eigenvalue weighted by atomic mass is 10.1. The predicted molar refractivity (Wildman–Crippen MR) is 209 cm³/mol. The molecule has 7 rings (SSSR count). The Hall–Kier alpha value is -5.80. The second-order valence-corrected chi connectivity index (χ2v) is 14.1. The number of nitrogens with one attached hydrogen (secondary N) is 1. The van der Waals surface area contributed by atoms with Gasteiger partial charge in [-0.15, -0.1) is 10.2 Å². The molecule has 0 spiro atoms. The Labute approximate surface area is 327 Å². The van der Waals surface area contributed by atoms with Gasteiger partial charge in [-0.1, -0.05) is 47.5 Å². The van der Waals surface area contributed by atoms with Crippen LogP contribution in [0.1, 0.15) is 21.5 Å². The summed E-state index contributed by atoms with van der Waals surface area (Å²) in [5.74, 6) is 0.0143. The number of carbonyl (C=O) groups is 1. The van der Waals surface area contributed by atoms with Gasteiger partial charge in [-0.25, -0.2) is 14.8 Å². The molecule has 5 heterocycles. The highest BCUT2D eigenvalue weighted by Gasteiger charge is 2.21. The average Bonchev–Trinajstić information content (AvgIpc) is 4.01. The largest absolute Gasteiger partial charge is 0.460 e. The van der Waals surface area contributed by atoms with Crippen LogP contribution in [0.2, 0.25) is 10.0 Å². The number of hydrogen-bond acceptors (Lipinski definition) is 11. The van der Waals surface area contributed by atoms with Crippen LogP contribution < -0.4 is 0 Å². The molecule has 280 valence electrons. The number of rotatable bonds is 16. The minimum Gasteiger partial charge on any atom is -0.460 e. The third kappa shape index (κ3) is 10.0. The highest BCUT2D eigenvalue weighted by molar-refractivity contribution is 6.30. The quantitative estimate of drug-likeness (QED) is 0.112. The number of hydrogen-bond donors (Lipinski definition) is 1. The molecule has 0 fully saturated rings. The van der Waals surface area contributed by atoms with E-state index < -0.39 is 5.97 Å². The van der Waals surface area contributed by atoms with Crippen molar-refractivity contribution in [2.45, 2.75) is 32.2 Å². The third-order valence-electron chi connectivity index (χ3n) is 9.05. The van der Waals surface area contributed by atoms with Crippen molar-refractivity contribution in [1.82, 2.24) is 59.5 Å². The Morgan fingerprint density at radius 2 is 1.42 bits per heavy atom. The molecule has 2 aromatic carbocycles. The Bertz CT molecular complexity index is 2310. The molecule has 0 aliphatic heterocycles. The molecule has 1 N–H and O–H groups in total. The van der Waals surface area contributed by atoms with Crippen molar-refractivity contribution in [3.05, 3.63) is 137 Å². The molecule has 0 aliphatic carbocycles. The molecule has 1 unspecified atom stereocenters. The molecule has 14 nitrogen and oxygen atoms in total. The van der Waals surface area contributed by atoms with Gasteiger partial charge in [0.25, 0.3) is 0 Å². The van der Waals surface area contributed by atoms with Crippen LogP contribution in [0.3, 0.4) is 0 Å². The van der Waals surface area contributed by atoms with Crippen molar-refractivity contribution in [1.29, 1.82) is 0 Å². The number of ether oxygens (including phenoxy) is 1. The fraction of sp³-hybridized carbons (Fsp3) is 0.231. The van der Waals surface area contributed by atoms with E-state index in [1.54, 1.807) is 37.2 Å². The summed E-state index contributed by atoms with van der Waals surface area (Å²) in [6.45, 7) is 3.58. The molecule has 0 saturated heterocycles. The first-order valence-electron chi connectivity index (χ1n) is 17.5. The standard InChI is InChI=1S/C39H38Cl2N12O2/c1-50(19-27-3-7-31(40)8-4-27)15-16-52-22-36(44-25-52)35-18-30(12-14-43-35)39(54)55-24-33(51(2)20-28-5-9-32(41)10-6-28)21-53-23-37(45-26-53)34-17-29(11-13-42-34)38-46-48-49-47-38/h3-14,17-18,22-23,25-26,33H,15-16,19-21,24H2,1-2H3,(H,46,47,48,49). The Morgan fingerprint density at radius 1 is 0.782 bits per heavy atom. The maximum absolute atomic E-state index is 13.5. The van der Waals surface area contributed by atoms with E-state index in [2.05, 4.69) is 57.4 Å². The van der Waals surface area contributed by atoms with Gasteiger partial charge in [-0.05, 0) is 79.0 Å². The number of tetrazole rings is 1. The number of benzene rings is 2. The fourth-order valence-corrected chi connectivity index (χ4v) is 6.24. The number of carbonyl (C=O) groups excluding carboxylic acids is 1. The van der Waals surface area contributed by atoms with Gasteiger partial charge in [-0.2, -0.15) is 5.21 Å². The third-order valence-corrected chi connectivity index (χ3v) is 9.56. The summed E-state index contributed by atoms with van der Waals surface area (Å²) in [5.41, 5.74) is 6.02. The molecule has 0 amide bonds. The van der Waals surface area contributed by atoms with E-state index in [1.165, 1.54) is 5.56 Å². The number of aromatic amines is 1. The lowest BCUT2D eigenvalue weighted by molar-refractivity contribution is 0.0348. The summed E-state index contributed by atoms with van der Waals surface area (Å²) >= 11 is 12.2. The summed E-state index contributed by atoms with van der Waals surface area (Å²) < 4.78 is 9.95. The summed E-state index contributed by atoms with van der Waals surface area (Å²) in [4.78, 5) is 36.1. The zero-order valence-corrected chi connectivity index (χ0v) is 31.7. The van der Waals surface area contributed by atoms with Crippen molar-refractivity contribution in [2.24, 2.45) is 0 Å². The van der Waals surface area contributed by atoms with Crippen LogP contribution in [-0.2, 0) is 30.9 Å². The van der Waals surface area contributed by atoms with Gasteiger partial charge >= 0.3 is 5.97 Å². The lowest BCUT2D eigenvalue weighted by Crippen LogP contribution is -2.39. The van der Waals surface area contributed by atoms with E-state index in [4.69, 9.17) is 27.9 Å². The fourth-order valence-electron chi connectivity index (χ4n) is 5.99. The van der Waals surface area contributed by atoms with Gasteiger partial charge in [0, 0.05) is 73.1 Å². The molecule has 5 aromatic heterocycles. The molecule has 0 aliphatic rings. The second kappa shape index (κ2) is 17.6. The molecule has 0 radical (unpaired) electrons. The molecule has 0 bridgehead atoms. The van der Waals surface area contributed by atoms with Crippen LogP contribution in [-0.4, -0.2) is 98.8 Å². The van der Waals surface area contributed by atoms with Gasteiger partial charge in [0.15, 0.2) is 0 Å². The van der Waals surface area contributed by atoms with Crippen LogP contribution in [0.4, 0.5) is 0 Å². The smallest absolute Gasteiger partial charge is 0.338 e. The summed E-state index contributed by atoms with van der Waals surface area (Å²) in [6, 6.07) is 22.4. The minimum absolute atomic E-state index is 0.123. The van der Waals surface area contributed by atoms with E-state index in [9.17, 15) is 4.79 Å². The summed E-state index contributed by atoms with van der Waals surface area (Å²) in [7, 11) is 4.07. The first-order chi connectivity index (χ1) is 26.8. The maximum atomic E-state index is 13.5. The van der Waals surface area contributed by atoms with E-state index in [-0.39, 0.29) is 12.6 Å². The molecular formula is C39H38Cl2N12O2. The zero-order valence-electron chi connectivity index (χ0n) is 30.2. The van der Waals surface area contributed by atoms with Crippen LogP contribution in [0, 0.1) is 0 Å². The number of imidazole rings is 2. The number of H-pyrrole nitrogens is 1. The summed E-state index contributed by atoms with van der Waals surface area (Å²) in [5, 5.41) is 15.6. The number of aromatic nitrogens is 10. The Balaban J connectivity index is 1.00. The SMILES string of the molecule is CN(CCn1cnc(-c2cc(C(=O)OCC(Cn3cnc(-c4cc(-c5nn[nH]n5)ccn4)c3)N(C)Cc3ccc(Cl)cc3)ccn2)c1)Cc1ccc(Cl)cc1. The highest BCUT2D eigenvalue weighted by atomic mass is 35.5. The number of likely N-dealkylation sites (N-methyl/N-ethyl adjacent to an activating group) is 2. The number of pyridine rings is 2. The van der Waals surface area contributed by atoms with Gasteiger partial charge in [-0.3, -0.25) is 14.9 Å². The van der Waals surface area contributed by atoms with Crippen molar-refractivity contribution < 1.29 is 9.53 Å². The van der Waals surface area contributed by atoms with E-state index >= 15 is 0 Å². The molecule has 55 heavy (non-hydrogen) atoms. The predicted octanol–water partition coefficient (Wildman–Crippen LogP) is 6.18. The van der Waals surface area contributed by atoms with Crippen LogP contribution in [0.25, 0.3) is 34.2 Å². The maximum Gasteiger partial charge on any atom is 0.338 e. The van der Waals surface area contributed by atoms with Gasteiger partial charge in [0.1, 0.15) is 18.0 Å². The Morgan fingerprint density at radius 3 is 2.11 bits per heavy atom. The highest BCUT2D eigenvalue weighted by Crippen LogP contribution is 2.22. The van der Waals surface area contributed by atoms with Crippen LogP contribution in [0.15, 0.2) is 110 Å². The molecular weight excluding hydrogens is 739 g/mol. The minimum atomic E-state index is -0.453. The topological polar surface area (TPSA) is 149 Å². The van der Waals surface area contributed by atoms with E-state index in [0.717, 1.165) is 35.8 Å². The molecule has 16 heteroatoms. The van der Waals surface area contributed by atoms with Gasteiger partial charge in [0.2, 0.25) is 5.82 Å². The Kier molecular flexibility index (Phi) is 12.0. The van der Waals surface area contributed by atoms with Crippen molar-refractivity contribution in [2.75, 3.05) is 27.2 Å². The van der Waals surface area contributed by atoms with E-state index in [0.29, 0.717) is 52.3 Å². The van der Waals surface area contributed by atoms with Crippen LogP contribution in [0.5, 0.6) is 0 Å². The zero-order chi connectivity index (χ0) is 38.1. The van der Waals surface area contributed by atoms with Crippen molar-refractivity contribution in [3.63, 3.8) is 0 Å². The van der Waals surface area contributed by atoms with Crippen molar-refractivity contribution in [3.8, 4) is 34.2 Å². The van der Waals surface area contributed by atoms with Crippen molar-refractivity contribution >= 4 is 29.2 Å². The second-order valence-electron chi connectivity index (χ2n) is 13.2. The lowest BCUT2D eigenvalue weighted by Gasteiger charge is -2.28. The number of esters is 1. The van der Waals surface area contributed by atoms with Gasteiger partial charge in [0.05, 0.1) is 35.6 Å². The molecule has 7 aromatic rings. The first-order valence-corrected chi connectivity index (χ1v) is 18.3. The summed E-state index contributed by atoms with van der Waals surface area (Å²) in [6.07, 6.45) is 10.7. The average molecular weight is 778 g/mol.